The molecule has 0 atom stereocenters. The van der Waals surface area contributed by atoms with Gasteiger partial charge in [-0.1, -0.05) is 6.08 Å². The number of nitrogens with one attached hydrogen (secondary N) is 1. The van der Waals surface area contributed by atoms with E-state index >= 15 is 0 Å². The van der Waals surface area contributed by atoms with E-state index in [0.717, 1.165) is 6.54 Å². The summed E-state index contributed by atoms with van der Waals surface area (Å²) in [5, 5.41) is 3.10. The van der Waals surface area contributed by atoms with Crippen LogP contribution in [0.3, 0.4) is 0 Å². The van der Waals surface area contributed by atoms with Gasteiger partial charge in [0, 0.05) is 6.54 Å². The zero-order valence-electron chi connectivity index (χ0n) is 5.78. The van der Waals surface area contributed by atoms with Gasteiger partial charge >= 0.3 is 18.9 Å². The minimum atomic E-state index is 0. The fraction of sp³-hybridized carbons (Fsp3) is 0.600. The molecular weight excluding hydrogens is 81.0 g/mol. The van der Waals surface area contributed by atoms with E-state index in [4.69, 9.17) is 0 Å². The molecule has 2 heteroatoms. The van der Waals surface area contributed by atoms with Crippen LogP contribution in [-0.4, -0.2) is 6.54 Å². The molecule has 1 heterocycles. The molecule has 1 rings (SSSR count). The molecule has 0 aromatic rings. The van der Waals surface area contributed by atoms with Gasteiger partial charge < -0.3 is 6.74 Å². The third kappa shape index (κ3) is 2.79. The minimum Gasteiger partial charge on any atom is -1.00 e. The molecule has 36 valence electrons. The molecule has 0 aromatic heterocycles. The molecular formula is C5H10LiN. The average molecular weight is 91.1 g/mol. The average Bonchev–Trinajstić information content (AvgIpc) is 1.72. The quantitative estimate of drug-likeness (QED) is 0.340. The van der Waals surface area contributed by atoms with Crippen molar-refractivity contribution in [3.8, 4) is 0 Å². The molecule has 0 bridgehead atoms. The fourth-order valence-corrected chi connectivity index (χ4v) is 0.572. The van der Waals surface area contributed by atoms with Crippen LogP contribution in [0, 0.1) is 0 Å². The SMILES string of the molecule is C1=CNCCC1.[H-].[Li+]. The maximum absolute atomic E-state index is 3.10. The van der Waals surface area contributed by atoms with Crippen molar-refractivity contribution in [1.82, 2.24) is 5.32 Å². The van der Waals surface area contributed by atoms with Crippen LogP contribution in [0.1, 0.15) is 14.3 Å². The summed E-state index contributed by atoms with van der Waals surface area (Å²) in [6.45, 7) is 1.16. The van der Waals surface area contributed by atoms with Crippen LogP contribution in [0.5, 0.6) is 0 Å². The van der Waals surface area contributed by atoms with E-state index < -0.39 is 0 Å². The van der Waals surface area contributed by atoms with Crippen molar-refractivity contribution < 1.29 is 20.3 Å². The van der Waals surface area contributed by atoms with Crippen molar-refractivity contribution in [2.24, 2.45) is 0 Å². The van der Waals surface area contributed by atoms with Crippen LogP contribution in [0.2, 0.25) is 0 Å². The van der Waals surface area contributed by atoms with E-state index in [-0.39, 0.29) is 20.3 Å². The molecule has 1 aliphatic heterocycles. The number of hydrogen-bond donors (Lipinski definition) is 1. The number of allylic oxidation sites excluding steroid dienone is 1. The summed E-state index contributed by atoms with van der Waals surface area (Å²) in [7, 11) is 0. The van der Waals surface area contributed by atoms with Crippen molar-refractivity contribution in [1.29, 1.82) is 0 Å². The molecule has 0 spiro atoms. The molecule has 1 nitrogen and oxygen atoms in total. The monoisotopic (exact) mass is 91.1 g/mol. The normalized spacial score (nSPS) is 17.1. The molecule has 0 saturated heterocycles. The Hall–Kier alpha value is 0.137. The second kappa shape index (κ2) is 4.30. The van der Waals surface area contributed by atoms with Gasteiger partial charge in [-0.2, -0.15) is 0 Å². The Kier molecular flexibility index (Phi) is 4.38. The second-order valence-corrected chi connectivity index (χ2v) is 1.50. The first-order chi connectivity index (χ1) is 3.00. The van der Waals surface area contributed by atoms with Gasteiger partial charge in [-0.3, -0.25) is 0 Å². The van der Waals surface area contributed by atoms with Crippen LogP contribution >= 0.6 is 0 Å². The van der Waals surface area contributed by atoms with Gasteiger partial charge in [0.05, 0.1) is 0 Å². The molecule has 0 saturated carbocycles. The summed E-state index contributed by atoms with van der Waals surface area (Å²) in [5.41, 5.74) is 0. The predicted octanol–water partition coefficient (Wildman–Crippen LogP) is -2.00. The number of rotatable bonds is 0. The molecule has 0 aromatic carbocycles. The van der Waals surface area contributed by atoms with E-state index in [1.54, 1.807) is 0 Å². The fourth-order valence-electron chi connectivity index (χ4n) is 0.572. The smallest absolute Gasteiger partial charge is 1.00 e. The molecule has 0 aliphatic carbocycles. The van der Waals surface area contributed by atoms with Gasteiger partial charge in [0.15, 0.2) is 0 Å². The summed E-state index contributed by atoms with van der Waals surface area (Å²) < 4.78 is 0. The van der Waals surface area contributed by atoms with Crippen molar-refractivity contribution >= 4 is 0 Å². The van der Waals surface area contributed by atoms with Gasteiger partial charge in [0.2, 0.25) is 0 Å². The van der Waals surface area contributed by atoms with Gasteiger partial charge in [0.1, 0.15) is 0 Å². The standard InChI is InChI=1S/C5H9N.Li.H/c1-2-4-6-5-3-1;;/h2,4,6H,1,3,5H2;;/q;+1;-1. The topological polar surface area (TPSA) is 12.0 Å². The van der Waals surface area contributed by atoms with Crippen LogP contribution in [0.15, 0.2) is 12.3 Å². The first kappa shape index (κ1) is 7.14. The van der Waals surface area contributed by atoms with Crippen LogP contribution in [-0.2, 0) is 0 Å². The minimum absolute atomic E-state index is 0. The predicted molar refractivity (Wildman–Crippen MR) is 27.5 cm³/mol. The summed E-state index contributed by atoms with van der Waals surface area (Å²) in [6, 6.07) is 0. The molecule has 0 fully saturated rings. The zero-order chi connectivity index (χ0) is 4.24. The van der Waals surface area contributed by atoms with Gasteiger partial charge in [-0.15, -0.1) is 0 Å². The van der Waals surface area contributed by atoms with E-state index in [1.807, 2.05) is 6.20 Å². The maximum atomic E-state index is 3.10. The Balaban J connectivity index is 0. The van der Waals surface area contributed by atoms with Crippen molar-refractivity contribution in [2.75, 3.05) is 6.54 Å². The Morgan fingerprint density at radius 3 is 2.57 bits per heavy atom. The van der Waals surface area contributed by atoms with E-state index in [1.165, 1.54) is 12.8 Å². The Morgan fingerprint density at radius 2 is 2.43 bits per heavy atom. The number of hydrogen-bond acceptors (Lipinski definition) is 1. The maximum Gasteiger partial charge on any atom is 1.00 e. The summed E-state index contributed by atoms with van der Waals surface area (Å²) in [5.74, 6) is 0. The van der Waals surface area contributed by atoms with Gasteiger partial charge in [-0.25, -0.2) is 0 Å². The van der Waals surface area contributed by atoms with Crippen LogP contribution in [0.4, 0.5) is 0 Å². The van der Waals surface area contributed by atoms with Crippen molar-refractivity contribution in [3.05, 3.63) is 12.3 Å². The molecule has 0 radical (unpaired) electrons. The summed E-state index contributed by atoms with van der Waals surface area (Å²) >= 11 is 0. The van der Waals surface area contributed by atoms with E-state index in [2.05, 4.69) is 11.4 Å². The first-order valence-corrected chi connectivity index (χ1v) is 2.38. The molecule has 7 heavy (non-hydrogen) atoms. The first-order valence-electron chi connectivity index (χ1n) is 2.38. The van der Waals surface area contributed by atoms with E-state index in [9.17, 15) is 0 Å². The van der Waals surface area contributed by atoms with Crippen molar-refractivity contribution in [2.45, 2.75) is 12.8 Å². The van der Waals surface area contributed by atoms with E-state index in [0.29, 0.717) is 0 Å². The molecule has 0 amide bonds. The Bertz CT molecular complexity index is 57.4. The molecule has 1 aliphatic rings. The second-order valence-electron chi connectivity index (χ2n) is 1.50. The van der Waals surface area contributed by atoms with Gasteiger partial charge in [0.25, 0.3) is 0 Å². The van der Waals surface area contributed by atoms with Crippen LogP contribution < -0.4 is 24.2 Å². The van der Waals surface area contributed by atoms with Crippen molar-refractivity contribution in [3.63, 3.8) is 0 Å². The summed E-state index contributed by atoms with van der Waals surface area (Å²) in [6.07, 6.45) is 6.73. The summed E-state index contributed by atoms with van der Waals surface area (Å²) in [4.78, 5) is 0. The Morgan fingerprint density at radius 1 is 1.57 bits per heavy atom. The Labute approximate surface area is 57.8 Å². The molecule has 1 N–H and O–H groups in total. The molecule has 0 unspecified atom stereocenters. The van der Waals surface area contributed by atoms with Crippen LogP contribution in [0.25, 0.3) is 0 Å². The third-order valence-electron chi connectivity index (χ3n) is 0.928. The third-order valence-corrected chi connectivity index (χ3v) is 0.928. The zero-order valence-corrected chi connectivity index (χ0v) is 4.78. The van der Waals surface area contributed by atoms with Gasteiger partial charge in [-0.05, 0) is 19.0 Å². The largest absolute Gasteiger partial charge is 1.00 e.